The highest BCUT2D eigenvalue weighted by atomic mass is 16.5. The van der Waals surface area contributed by atoms with E-state index in [1.807, 2.05) is 19.4 Å². The number of hydrogen-bond acceptors (Lipinski definition) is 5. The lowest BCUT2D eigenvalue weighted by Gasteiger charge is -2.31. The molecule has 0 amide bonds. The van der Waals surface area contributed by atoms with E-state index in [1.165, 1.54) is 0 Å². The van der Waals surface area contributed by atoms with E-state index in [-0.39, 0.29) is 0 Å². The smallest absolute Gasteiger partial charge is 0.147 e. The van der Waals surface area contributed by atoms with Crippen LogP contribution in [-0.2, 0) is 11.3 Å². The number of rotatable bonds is 4. The topological polar surface area (TPSA) is 50.3 Å². The minimum atomic E-state index is 0.521. The first-order valence-corrected chi connectivity index (χ1v) is 6.07. The Bertz CT molecular complexity index is 335. The number of ether oxygens (including phenoxy) is 1. The molecule has 94 valence electrons. The first-order valence-electron chi connectivity index (χ1n) is 6.07. The second-order valence-corrected chi connectivity index (χ2v) is 4.35. The first-order chi connectivity index (χ1) is 8.31. The fourth-order valence-corrected chi connectivity index (χ4v) is 2.06. The molecule has 0 radical (unpaired) electrons. The second kappa shape index (κ2) is 5.93. The van der Waals surface area contributed by atoms with Crippen molar-refractivity contribution in [1.82, 2.24) is 15.3 Å². The predicted molar refractivity (Wildman–Crippen MR) is 67.0 cm³/mol. The minimum absolute atomic E-state index is 0.521. The molecule has 17 heavy (non-hydrogen) atoms. The maximum absolute atomic E-state index is 5.37. The van der Waals surface area contributed by atoms with Crippen LogP contribution < -0.4 is 10.2 Å². The van der Waals surface area contributed by atoms with Crippen LogP contribution >= 0.6 is 0 Å². The zero-order chi connectivity index (χ0) is 12.1. The van der Waals surface area contributed by atoms with Crippen molar-refractivity contribution in [3.63, 3.8) is 0 Å². The van der Waals surface area contributed by atoms with Crippen LogP contribution in [0.15, 0.2) is 12.4 Å². The molecule has 1 fully saturated rings. The first kappa shape index (κ1) is 12.3. The molecule has 0 atom stereocenters. The standard InChI is InChI=1S/C12H20N4O/c1-13-7-10-8-15-12(9-14-10)16(2)11-3-5-17-6-4-11/h8-9,11,13H,3-7H2,1-2H3. The van der Waals surface area contributed by atoms with Crippen LogP contribution in [0.25, 0.3) is 0 Å². The van der Waals surface area contributed by atoms with Gasteiger partial charge in [0.2, 0.25) is 0 Å². The molecular weight excluding hydrogens is 216 g/mol. The van der Waals surface area contributed by atoms with Crippen molar-refractivity contribution in [2.45, 2.75) is 25.4 Å². The summed E-state index contributed by atoms with van der Waals surface area (Å²) in [6.45, 7) is 2.45. The van der Waals surface area contributed by atoms with E-state index >= 15 is 0 Å². The van der Waals surface area contributed by atoms with Gasteiger partial charge in [-0.05, 0) is 19.9 Å². The van der Waals surface area contributed by atoms with E-state index in [0.29, 0.717) is 6.04 Å². The number of nitrogens with one attached hydrogen (secondary N) is 1. The fourth-order valence-electron chi connectivity index (χ4n) is 2.06. The summed E-state index contributed by atoms with van der Waals surface area (Å²) in [4.78, 5) is 11.0. The molecule has 5 nitrogen and oxygen atoms in total. The third kappa shape index (κ3) is 3.14. The van der Waals surface area contributed by atoms with Gasteiger partial charge in [0.05, 0.1) is 18.1 Å². The van der Waals surface area contributed by atoms with Crippen LogP contribution in [0, 0.1) is 0 Å². The largest absolute Gasteiger partial charge is 0.381 e. The molecule has 1 aromatic heterocycles. The van der Waals surface area contributed by atoms with Gasteiger partial charge in [-0.25, -0.2) is 4.98 Å². The van der Waals surface area contributed by atoms with Gasteiger partial charge in [-0.3, -0.25) is 4.98 Å². The number of anilines is 1. The van der Waals surface area contributed by atoms with Gasteiger partial charge in [0.15, 0.2) is 0 Å². The summed E-state index contributed by atoms with van der Waals surface area (Å²) < 4.78 is 5.37. The molecule has 1 aromatic rings. The Morgan fingerprint density at radius 3 is 2.71 bits per heavy atom. The number of aromatic nitrogens is 2. The van der Waals surface area contributed by atoms with Crippen LogP contribution in [0.1, 0.15) is 18.5 Å². The number of nitrogens with zero attached hydrogens (tertiary/aromatic N) is 3. The summed E-state index contributed by atoms with van der Waals surface area (Å²) >= 11 is 0. The normalized spacial score (nSPS) is 17.1. The summed E-state index contributed by atoms with van der Waals surface area (Å²) in [6, 6.07) is 0.521. The highest BCUT2D eigenvalue weighted by Crippen LogP contribution is 2.18. The maximum atomic E-state index is 5.37. The Balaban J connectivity index is 2.00. The van der Waals surface area contributed by atoms with E-state index in [1.54, 1.807) is 0 Å². The molecule has 1 aliphatic heterocycles. The molecule has 0 unspecified atom stereocenters. The van der Waals surface area contributed by atoms with Crippen LogP contribution in [-0.4, -0.2) is 43.3 Å². The third-order valence-corrected chi connectivity index (χ3v) is 3.15. The summed E-state index contributed by atoms with van der Waals surface area (Å²) in [5.41, 5.74) is 0.969. The van der Waals surface area contributed by atoms with Crippen molar-refractivity contribution >= 4 is 5.82 Å². The van der Waals surface area contributed by atoms with Crippen molar-refractivity contribution in [3.8, 4) is 0 Å². The van der Waals surface area contributed by atoms with Crippen LogP contribution in [0.2, 0.25) is 0 Å². The average molecular weight is 236 g/mol. The van der Waals surface area contributed by atoms with Crippen LogP contribution in [0.5, 0.6) is 0 Å². The molecule has 1 aliphatic rings. The van der Waals surface area contributed by atoms with E-state index in [4.69, 9.17) is 4.74 Å². The van der Waals surface area contributed by atoms with Gasteiger partial charge >= 0.3 is 0 Å². The Morgan fingerprint density at radius 2 is 2.12 bits per heavy atom. The zero-order valence-electron chi connectivity index (χ0n) is 10.5. The number of hydrogen-bond donors (Lipinski definition) is 1. The monoisotopic (exact) mass is 236 g/mol. The molecule has 0 bridgehead atoms. The molecule has 2 rings (SSSR count). The molecule has 2 heterocycles. The molecule has 0 aliphatic carbocycles. The Kier molecular flexibility index (Phi) is 4.28. The molecule has 0 spiro atoms. The van der Waals surface area contributed by atoms with Crippen molar-refractivity contribution in [1.29, 1.82) is 0 Å². The van der Waals surface area contributed by atoms with Crippen molar-refractivity contribution in [2.75, 3.05) is 32.2 Å². The maximum Gasteiger partial charge on any atom is 0.147 e. The van der Waals surface area contributed by atoms with E-state index < -0.39 is 0 Å². The summed E-state index contributed by atoms with van der Waals surface area (Å²) in [5, 5.41) is 3.06. The van der Waals surface area contributed by atoms with Crippen molar-refractivity contribution in [2.24, 2.45) is 0 Å². The van der Waals surface area contributed by atoms with Gasteiger partial charge in [-0.15, -0.1) is 0 Å². The fraction of sp³-hybridized carbons (Fsp3) is 0.667. The second-order valence-electron chi connectivity index (χ2n) is 4.35. The molecule has 0 saturated carbocycles. The van der Waals surface area contributed by atoms with Crippen LogP contribution in [0.3, 0.4) is 0 Å². The van der Waals surface area contributed by atoms with Gasteiger partial charge in [0.1, 0.15) is 5.82 Å². The molecule has 1 saturated heterocycles. The summed E-state index contributed by atoms with van der Waals surface area (Å²) in [6.07, 6.45) is 5.82. The van der Waals surface area contributed by atoms with Crippen molar-refractivity contribution < 1.29 is 4.74 Å². The average Bonchev–Trinajstić information content (AvgIpc) is 2.40. The van der Waals surface area contributed by atoms with Gasteiger partial charge in [0, 0.05) is 32.8 Å². The highest BCUT2D eigenvalue weighted by molar-refractivity contribution is 5.36. The third-order valence-electron chi connectivity index (χ3n) is 3.15. The highest BCUT2D eigenvalue weighted by Gasteiger charge is 2.19. The quantitative estimate of drug-likeness (QED) is 0.838. The van der Waals surface area contributed by atoms with Crippen molar-refractivity contribution in [3.05, 3.63) is 18.1 Å². The van der Waals surface area contributed by atoms with Gasteiger partial charge in [-0.2, -0.15) is 0 Å². The van der Waals surface area contributed by atoms with Crippen LogP contribution in [0.4, 0.5) is 5.82 Å². The summed E-state index contributed by atoms with van der Waals surface area (Å²) in [7, 11) is 3.99. The van der Waals surface area contributed by atoms with E-state index in [0.717, 1.165) is 44.1 Å². The zero-order valence-corrected chi connectivity index (χ0v) is 10.5. The van der Waals surface area contributed by atoms with Gasteiger partial charge in [0.25, 0.3) is 0 Å². The van der Waals surface area contributed by atoms with E-state index in [9.17, 15) is 0 Å². The van der Waals surface area contributed by atoms with Gasteiger partial charge in [-0.1, -0.05) is 0 Å². The summed E-state index contributed by atoms with van der Waals surface area (Å²) in [5.74, 6) is 0.941. The van der Waals surface area contributed by atoms with Gasteiger partial charge < -0.3 is 15.0 Å². The molecule has 5 heteroatoms. The predicted octanol–water partition coefficient (Wildman–Crippen LogP) is 0.811. The lowest BCUT2D eigenvalue weighted by molar-refractivity contribution is 0.0853. The minimum Gasteiger partial charge on any atom is -0.381 e. The van der Waals surface area contributed by atoms with E-state index in [2.05, 4.69) is 27.2 Å². The lowest BCUT2D eigenvalue weighted by atomic mass is 10.1. The lowest BCUT2D eigenvalue weighted by Crippen LogP contribution is -2.37. The Morgan fingerprint density at radius 1 is 1.35 bits per heavy atom. The molecular formula is C12H20N4O. The molecule has 0 aromatic carbocycles. The molecule has 1 N–H and O–H groups in total. The Labute approximate surface area is 102 Å². The SMILES string of the molecule is CNCc1cnc(N(C)C2CCOCC2)cn1. The Hall–Kier alpha value is -1.20.